The number of nitrogens with two attached hydrogens (primary N) is 1. The first-order valence-electron chi connectivity index (χ1n) is 8.50. The lowest BCUT2D eigenvalue weighted by atomic mass is 10.2. The lowest BCUT2D eigenvalue weighted by Gasteiger charge is -2.09. The Kier molecular flexibility index (Phi) is 6.21. The van der Waals surface area contributed by atoms with Crippen molar-refractivity contribution in [1.82, 2.24) is 10.2 Å². The van der Waals surface area contributed by atoms with Crippen molar-refractivity contribution < 1.29 is 33.1 Å². The SMILES string of the molecule is COC(=O)c1ccc(CN2C(=O)NC(=Cc3ccc(OCC(N)=O)c(Br)c3)C2=O)o1. The van der Waals surface area contributed by atoms with Crippen LogP contribution in [0.15, 0.2) is 44.9 Å². The number of carbonyl (C=O) groups is 4. The molecular weight excluding hydrogens is 462 g/mol. The highest BCUT2D eigenvalue weighted by molar-refractivity contribution is 9.10. The summed E-state index contributed by atoms with van der Waals surface area (Å²) in [4.78, 5) is 48.0. The number of hydrogen-bond acceptors (Lipinski definition) is 7. The molecule has 156 valence electrons. The monoisotopic (exact) mass is 477 g/mol. The maximum absolute atomic E-state index is 12.6. The van der Waals surface area contributed by atoms with Crippen LogP contribution in [0.4, 0.5) is 4.79 Å². The molecule has 1 fully saturated rings. The number of rotatable bonds is 7. The van der Waals surface area contributed by atoms with E-state index in [2.05, 4.69) is 26.0 Å². The van der Waals surface area contributed by atoms with Crippen LogP contribution in [0.3, 0.4) is 0 Å². The number of furan rings is 1. The highest BCUT2D eigenvalue weighted by Crippen LogP contribution is 2.27. The molecule has 2 aromatic rings. The van der Waals surface area contributed by atoms with Gasteiger partial charge in [0, 0.05) is 0 Å². The van der Waals surface area contributed by atoms with Crippen molar-refractivity contribution >= 4 is 45.8 Å². The molecule has 11 heteroatoms. The molecule has 0 spiro atoms. The Morgan fingerprint density at radius 2 is 2.03 bits per heavy atom. The quantitative estimate of drug-likeness (QED) is 0.351. The highest BCUT2D eigenvalue weighted by Gasteiger charge is 2.34. The van der Waals surface area contributed by atoms with Crippen molar-refractivity contribution in [1.29, 1.82) is 0 Å². The summed E-state index contributed by atoms with van der Waals surface area (Å²) in [5, 5.41) is 2.49. The number of benzene rings is 1. The zero-order valence-electron chi connectivity index (χ0n) is 15.6. The van der Waals surface area contributed by atoms with E-state index >= 15 is 0 Å². The molecule has 0 aliphatic carbocycles. The fourth-order valence-electron chi connectivity index (χ4n) is 2.58. The van der Waals surface area contributed by atoms with Crippen molar-refractivity contribution in [3.05, 3.63) is 57.6 Å². The zero-order chi connectivity index (χ0) is 21.8. The van der Waals surface area contributed by atoms with E-state index in [9.17, 15) is 19.2 Å². The van der Waals surface area contributed by atoms with E-state index in [1.807, 2.05) is 0 Å². The van der Waals surface area contributed by atoms with Gasteiger partial charge in [0.1, 0.15) is 17.2 Å². The van der Waals surface area contributed by atoms with E-state index in [4.69, 9.17) is 14.9 Å². The Balaban J connectivity index is 1.73. The second kappa shape index (κ2) is 8.82. The molecule has 1 aliphatic heterocycles. The lowest BCUT2D eigenvalue weighted by Crippen LogP contribution is -2.30. The number of methoxy groups -OCH3 is 1. The molecule has 1 saturated heterocycles. The van der Waals surface area contributed by atoms with Gasteiger partial charge in [-0.15, -0.1) is 0 Å². The van der Waals surface area contributed by atoms with Gasteiger partial charge in [-0.25, -0.2) is 9.59 Å². The number of hydrogen-bond donors (Lipinski definition) is 2. The number of ether oxygens (including phenoxy) is 2. The molecule has 0 bridgehead atoms. The van der Waals surface area contributed by atoms with Gasteiger partial charge in [-0.2, -0.15) is 0 Å². The summed E-state index contributed by atoms with van der Waals surface area (Å²) in [7, 11) is 1.22. The number of nitrogens with zero attached hydrogens (tertiary/aromatic N) is 1. The van der Waals surface area contributed by atoms with Gasteiger partial charge < -0.3 is 24.9 Å². The maximum atomic E-state index is 12.6. The van der Waals surface area contributed by atoms with Crippen LogP contribution in [0.25, 0.3) is 6.08 Å². The minimum atomic E-state index is -0.659. The van der Waals surface area contributed by atoms with E-state index in [-0.39, 0.29) is 30.4 Å². The molecule has 2 heterocycles. The van der Waals surface area contributed by atoms with E-state index in [0.29, 0.717) is 15.8 Å². The van der Waals surface area contributed by atoms with Gasteiger partial charge in [-0.1, -0.05) is 6.07 Å². The number of halogens is 1. The summed E-state index contributed by atoms with van der Waals surface area (Å²) in [6.07, 6.45) is 1.49. The van der Waals surface area contributed by atoms with Gasteiger partial charge in [-0.3, -0.25) is 14.5 Å². The summed E-state index contributed by atoms with van der Waals surface area (Å²) in [6.45, 7) is -0.421. The molecule has 4 amide bonds. The summed E-state index contributed by atoms with van der Waals surface area (Å²) < 4.78 is 15.6. The van der Waals surface area contributed by atoms with Crippen molar-refractivity contribution in [2.45, 2.75) is 6.54 Å². The van der Waals surface area contributed by atoms with Crippen LogP contribution in [0.2, 0.25) is 0 Å². The summed E-state index contributed by atoms with van der Waals surface area (Å²) >= 11 is 3.31. The van der Waals surface area contributed by atoms with Crippen LogP contribution in [-0.2, 0) is 20.9 Å². The van der Waals surface area contributed by atoms with Gasteiger partial charge in [0.05, 0.1) is 18.1 Å². The van der Waals surface area contributed by atoms with Gasteiger partial charge >= 0.3 is 12.0 Å². The van der Waals surface area contributed by atoms with E-state index in [1.54, 1.807) is 18.2 Å². The molecule has 0 unspecified atom stereocenters. The molecule has 0 atom stereocenters. The van der Waals surface area contributed by atoms with Crippen LogP contribution in [-0.4, -0.2) is 42.4 Å². The Bertz CT molecular complexity index is 1060. The lowest BCUT2D eigenvalue weighted by molar-refractivity contribution is -0.123. The summed E-state index contributed by atoms with van der Waals surface area (Å²) in [6, 6.07) is 7.15. The fraction of sp³-hybridized carbons (Fsp3) is 0.158. The standard InChI is InChI=1S/C19H16BrN3O7/c1-28-18(26)15-5-3-11(30-15)8-23-17(25)13(22-19(23)27)7-10-2-4-14(12(20)6-10)29-9-16(21)24/h2-7H,8-9H2,1H3,(H2,21,24)(H,22,27). The molecular formula is C19H16BrN3O7. The van der Waals surface area contributed by atoms with Crippen LogP contribution in [0, 0.1) is 0 Å². The number of nitrogens with one attached hydrogen (secondary N) is 1. The predicted molar refractivity (Wildman–Crippen MR) is 106 cm³/mol. The van der Waals surface area contributed by atoms with Crippen molar-refractivity contribution in [2.75, 3.05) is 13.7 Å². The fourth-order valence-corrected chi connectivity index (χ4v) is 3.09. The zero-order valence-corrected chi connectivity index (χ0v) is 17.2. The Labute approximate surface area is 178 Å². The molecule has 1 aliphatic rings. The van der Waals surface area contributed by atoms with Crippen LogP contribution in [0.5, 0.6) is 5.75 Å². The molecule has 0 saturated carbocycles. The normalized spacial score (nSPS) is 14.7. The van der Waals surface area contributed by atoms with Gasteiger partial charge in [0.15, 0.2) is 6.61 Å². The minimum Gasteiger partial charge on any atom is -0.483 e. The summed E-state index contributed by atoms with van der Waals surface area (Å²) in [5.74, 6) is -1.20. The van der Waals surface area contributed by atoms with E-state index in [1.165, 1.54) is 25.3 Å². The topological polar surface area (TPSA) is 141 Å². The van der Waals surface area contributed by atoms with Crippen molar-refractivity contribution in [3.63, 3.8) is 0 Å². The van der Waals surface area contributed by atoms with E-state index in [0.717, 1.165) is 4.90 Å². The van der Waals surface area contributed by atoms with Crippen LogP contribution < -0.4 is 15.8 Å². The minimum absolute atomic E-state index is 0.0289. The molecule has 3 rings (SSSR count). The number of urea groups is 1. The third-order valence-corrected chi connectivity index (χ3v) is 4.58. The Morgan fingerprint density at radius 3 is 2.70 bits per heavy atom. The third kappa shape index (κ3) is 4.69. The number of amides is 4. The second-order valence-electron chi connectivity index (χ2n) is 6.08. The largest absolute Gasteiger partial charge is 0.483 e. The molecule has 1 aromatic heterocycles. The number of carbonyl (C=O) groups excluding carboxylic acids is 4. The average molecular weight is 478 g/mol. The average Bonchev–Trinajstić information content (AvgIpc) is 3.27. The van der Waals surface area contributed by atoms with Crippen LogP contribution >= 0.6 is 15.9 Å². The number of imide groups is 1. The van der Waals surface area contributed by atoms with E-state index < -0.39 is 23.8 Å². The highest BCUT2D eigenvalue weighted by atomic mass is 79.9. The van der Waals surface area contributed by atoms with Crippen molar-refractivity contribution in [2.24, 2.45) is 5.73 Å². The number of esters is 1. The number of primary amides is 1. The van der Waals surface area contributed by atoms with Crippen molar-refractivity contribution in [3.8, 4) is 5.75 Å². The first kappa shape index (κ1) is 21.1. The van der Waals surface area contributed by atoms with Gasteiger partial charge in [0.25, 0.3) is 11.8 Å². The molecule has 30 heavy (non-hydrogen) atoms. The first-order chi connectivity index (χ1) is 14.3. The molecule has 0 radical (unpaired) electrons. The maximum Gasteiger partial charge on any atom is 0.373 e. The molecule has 3 N–H and O–H groups in total. The van der Waals surface area contributed by atoms with Gasteiger partial charge in [0.2, 0.25) is 5.76 Å². The predicted octanol–water partition coefficient (Wildman–Crippen LogP) is 1.79. The second-order valence-corrected chi connectivity index (χ2v) is 6.94. The first-order valence-corrected chi connectivity index (χ1v) is 9.30. The molecule has 10 nitrogen and oxygen atoms in total. The molecule has 1 aromatic carbocycles. The Hall–Kier alpha value is -3.60. The van der Waals surface area contributed by atoms with Crippen LogP contribution in [0.1, 0.15) is 21.9 Å². The Morgan fingerprint density at radius 1 is 1.27 bits per heavy atom. The van der Waals surface area contributed by atoms with Gasteiger partial charge in [-0.05, 0) is 51.8 Å². The third-order valence-electron chi connectivity index (χ3n) is 3.96. The smallest absolute Gasteiger partial charge is 0.373 e. The summed E-state index contributed by atoms with van der Waals surface area (Å²) in [5.41, 5.74) is 5.72.